The van der Waals surface area contributed by atoms with E-state index in [-0.39, 0.29) is 5.91 Å². The van der Waals surface area contributed by atoms with Crippen LogP contribution in [0.3, 0.4) is 0 Å². The molecule has 1 amide bonds. The fraction of sp³-hybridized carbons (Fsp3) is 0.533. The van der Waals surface area contributed by atoms with Gasteiger partial charge in [-0.1, -0.05) is 12.1 Å². The summed E-state index contributed by atoms with van der Waals surface area (Å²) in [6, 6.07) is 6.79. The van der Waals surface area contributed by atoms with Crippen molar-refractivity contribution < 1.29 is 9.53 Å². The molecule has 0 saturated heterocycles. The zero-order chi connectivity index (χ0) is 13.2. The van der Waals surface area contributed by atoms with E-state index in [2.05, 4.69) is 11.4 Å². The van der Waals surface area contributed by atoms with Crippen LogP contribution in [0.2, 0.25) is 0 Å². The zero-order valence-corrected chi connectivity index (χ0v) is 11.3. The van der Waals surface area contributed by atoms with Crippen LogP contribution >= 0.6 is 0 Å². The Balaban J connectivity index is 1.55. The van der Waals surface area contributed by atoms with E-state index in [4.69, 9.17) is 4.74 Å². The van der Waals surface area contributed by atoms with Crippen LogP contribution in [0.5, 0.6) is 5.75 Å². The Morgan fingerprint density at radius 2 is 2.32 bits per heavy atom. The van der Waals surface area contributed by atoms with Crippen LogP contribution in [0.15, 0.2) is 18.2 Å². The van der Waals surface area contributed by atoms with Crippen molar-refractivity contribution in [3.05, 3.63) is 29.3 Å². The fourth-order valence-corrected chi connectivity index (χ4v) is 2.35. The van der Waals surface area contributed by atoms with E-state index in [0.29, 0.717) is 19.1 Å². The second-order valence-corrected chi connectivity index (χ2v) is 5.45. The SMILES string of the molecule is CN(Cc1ccc2c(c1)CCO2)C(=O)CNC1CC1. The Morgan fingerprint density at radius 1 is 1.47 bits per heavy atom. The summed E-state index contributed by atoms with van der Waals surface area (Å²) >= 11 is 0. The first kappa shape index (κ1) is 12.5. The average Bonchev–Trinajstić information content (AvgIpc) is 3.12. The van der Waals surface area contributed by atoms with Gasteiger partial charge in [0.25, 0.3) is 0 Å². The highest BCUT2D eigenvalue weighted by Gasteiger charge is 2.22. The van der Waals surface area contributed by atoms with Crippen LogP contribution < -0.4 is 10.1 Å². The Hall–Kier alpha value is -1.55. The number of hydrogen-bond acceptors (Lipinski definition) is 3. The topological polar surface area (TPSA) is 41.6 Å². The molecule has 1 saturated carbocycles. The maximum absolute atomic E-state index is 12.0. The first-order valence-electron chi connectivity index (χ1n) is 6.94. The highest BCUT2D eigenvalue weighted by Crippen LogP contribution is 2.26. The number of benzene rings is 1. The Morgan fingerprint density at radius 3 is 3.11 bits per heavy atom. The maximum Gasteiger partial charge on any atom is 0.236 e. The van der Waals surface area contributed by atoms with Crippen molar-refractivity contribution in [2.75, 3.05) is 20.2 Å². The van der Waals surface area contributed by atoms with Gasteiger partial charge in [-0.05, 0) is 30.0 Å². The van der Waals surface area contributed by atoms with Crippen molar-refractivity contribution in [2.45, 2.75) is 31.8 Å². The third kappa shape index (κ3) is 3.07. The summed E-state index contributed by atoms with van der Waals surface area (Å²) in [4.78, 5) is 13.7. The Labute approximate surface area is 113 Å². The van der Waals surface area contributed by atoms with Gasteiger partial charge in [0.1, 0.15) is 5.75 Å². The summed E-state index contributed by atoms with van der Waals surface area (Å²) in [5, 5.41) is 3.25. The third-order valence-electron chi connectivity index (χ3n) is 3.72. The van der Waals surface area contributed by atoms with Gasteiger partial charge in [-0.25, -0.2) is 0 Å². The molecule has 1 N–H and O–H groups in total. The van der Waals surface area contributed by atoms with E-state index in [9.17, 15) is 4.79 Å². The number of ether oxygens (including phenoxy) is 1. The number of nitrogens with zero attached hydrogens (tertiary/aromatic N) is 1. The van der Waals surface area contributed by atoms with Gasteiger partial charge in [0.05, 0.1) is 13.2 Å². The Bertz CT molecular complexity index is 483. The summed E-state index contributed by atoms with van der Waals surface area (Å²) in [5.74, 6) is 1.15. The molecule has 0 atom stereocenters. The quantitative estimate of drug-likeness (QED) is 0.868. The van der Waals surface area contributed by atoms with E-state index >= 15 is 0 Å². The summed E-state index contributed by atoms with van der Waals surface area (Å²) in [6.45, 7) is 1.90. The summed E-state index contributed by atoms with van der Waals surface area (Å²) in [7, 11) is 1.86. The van der Waals surface area contributed by atoms with Gasteiger partial charge in [-0.3, -0.25) is 4.79 Å². The molecule has 0 aromatic heterocycles. The van der Waals surface area contributed by atoms with Crippen LogP contribution in [-0.4, -0.2) is 37.0 Å². The number of carbonyl (C=O) groups is 1. The zero-order valence-electron chi connectivity index (χ0n) is 11.3. The molecule has 1 heterocycles. The molecule has 19 heavy (non-hydrogen) atoms. The summed E-state index contributed by atoms with van der Waals surface area (Å²) in [5.41, 5.74) is 2.43. The lowest BCUT2D eigenvalue weighted by Gasteiger charge is -2.18. The number of fused-ring (bicyclic) bond motifs is 1. The van der Waals surface area contributed by atoms with Crippen molar-refractivity contribution in [1.82, 2.24) is 10.2 Å². The normalized spacial score (nSPS) is 16.9. The minimum absolute atomic E-state index is 0.156. The highest BCUT2D eigenvalue weighted by atomic mass is 16.5. The molecule has 102 valence electrons. The predicted octanol–water partition coefficient (Wildman–Crippen LogP) is 1.33. The smallest absolute Gasteiger partial charge is 0.236 e. The lowest BCUT2D eigenvalue weighted by Crippen LogP contribution is -2.35. The minimum Gasteiger partial charge on any atom is -0.493 e. The second-order valence-electron chi connectivity index (χ2n) is 5.45. The van der Waals surface area contributed by atoms with Gasteiger partial charge in [0.15, 0.2) is 0 Å². The molecule has 3 rings (SSSR count). The lowest BCUT2D eigenvalue weighted by molar-refractivity contribution is -0.129. The molecule has 1 aliphatic carbocycles. The van der Waals surface area contributed by atoms with Gasteiger partial charge in [-0.2, -0.15) is 0 Å². The van der Waals surface area contributed by atoms with Crippen LogP contribution in [0.1, 0.15) is 24.0 Å². The van der Waals surface area contributed by atoms with E-state index in [1.54, 1.807) is 4.90 Å². The largest absolute Gasteiger partial charge is 0.493 e. The highest BCUT2D eigenvalue weighted by molar-refractivity contribution is 5.78. The molecule has 2 aliphatic rings. The molecule has 4 heteroatoms. The van der Waals surface area contributed by atoms with Crippen LogP contribution in [0, 0.1) is 0 Å². The Kier molecular flexibility index (Phi) is 3.42. The van der Waals surface area contributed by atoms with Crippen molar-refractivity contribution in [2.24, 2.45) is 0 Å². The van der Waals surface area contributed by atoms with Crippen LogP contribution in [0.25, 0.3) is 0 Å². The summed E-state index contributed by atoms with van der Waals surface area (Å²) in [6.07, 6.45) is 3.40. The molecule has 0 bridgehead atoms. The van der Waals surface area contributed by atoms with Crippen molar-refractivity contribution in [1.29, 1.82) is 0 Å². The fourth-order valence-electron chi connectivity index (χ4n) is 2.35. The number of rotatable bonds is 5. The molecule has 1 aromatic carbocycles. The predicted molar refractivity (Wildman–Crippen MR) is 73.1 cm³/mol. The first-order valence-corrected chi connectivity index (χ1v) is 6.94. The minimum atomic E-state index is 0.156. The van der Waals surface area contributed by atoms with Crippen molar-refractivity contribution in [3.8, 4) is 5.75 Å². The molecule has 1 fully saturated rings. The monoisotopic (exact) mass is 260 g/mol. The third-order valence-corrected chi connectivity index (χ3v) is 3.72. The van der Waals surface area contributed by atoms with Gasteiger partial charge >= 0.3 is 0 Å². The lowest BCUT2D eigenvalue weighted by atomic mass is 10.1. The average molecular weight is 260 g/mol. The number of likely N-dealkylation sites (N-methyl/N-ethyl adjacent to an activating group) is 1. The molecule has 4 nitrogen and oxygen atoms in total. The van der Waals surface area contributed by atoms with Gasteiger partial charge in [-0.15, -0.1) is 0 Å². The van der Waals surface area contributed by atoms with Crippen molar-refractivity contribution >= 4 is 5.91 Å². The van der Waals surface area contributed by atoms with Gasteiger partial charge in [0.2, 0.25) is 5.91 Å². The summed E-state index contributed by atoms with van der Waals surface area (Å²) < 4.78 is 5.49. The van der Waals surface area contributed by atoms with E-state index in [1.165, 1.54) is 24.0 Å². The molecule has 0 unspecified atom stereocenters. The van der Waals surface area contributed by atoms with Crippen LogP contribution in [0.4, 0.5) is 0 Å². The first-order chi connectivity index (χ1) is 9.22. The maximum atomic E-state index is 12.0. The molecular weight excluding hydrogens is 240 g/mol. The molecule has 0 spiro atoms. The molecular formula is C15H20N2O2. The number of hydrogen-bond donors (Lipinski definition) is 1. The number of nitrogens with one attached hydrogen (secondary N) is 1. The van der Waals surface area contributed by atoms with E-state index in [1.807, 2.05) is 19.2 Å². The molecule has 1 aromatic rings. The number of carbonyl (C=O) groups excluding carboxylic acids is 1. The molecule has 0 radical (unpaired) electrons. The number of amides is 1. The van der Waals surface area contributed by atoms with Crippen molar-refractivity contribution in [3.63, 3.8) is 0 Å². The van der Waals surface area contributed by atoms with Gasteiger partial charge < -0.3 is 15.0 Å². The standard InChI is InChI=1S/C15H20N2O2/c1-17(15(18)9-16-13-3-4-13)10-11-2-5-14-12(8-11)6-7-19-14/h2,5,8,13,16H,3-4,6-7,9-10H2,1H3. The van der Waals surface area contributed by atoms with E-state index in [0.717, 1.165) is 18.8 Å². The molecule has 1 aliphatic heterocycles. The van der Waals surface area contributed by atoms with E-state index < -0.39 is 0 Å². The second kappa shape index (κ2) is 5.21. The van der Waals surface area contributed by atoms with Gasteiger partial charge in [0, 0.05) is 26.1 Å². The van der Waals surface area contributed by atoms with Crippen LogP contribution in [-0.2, 0) is 17.8 Å².